The van der Waals surface area contributed by atoms with Crippen molar-refractivity contribution < 1.29 is 24.2 Å². The van der Waals surface area contributed by atoms with Crippen LogP contribution in [0.2, 0.25) is 0 Å². The molecule has 0 radical (unpaired) electrons. The van der Waals surface area contributed by atoms with Gasteiger partial charge in [0.15, 0.2) is 6.04 Å². The number of hydrogen-bond donors (Lipinski definition) is 2. The first-order chi connectivity index (χ1) is 13.4. The van der Waals surface area contributed by atoms with Crippen molar-refractivity contribution in [2.24, 2.45) is 17.3 Å². The highest BCUT2D eigenvalue weighted by Crippen LogP contribution is 2.65. The Morgan fingerprint density at radius 1 is 1.14 bits per heavy atom. The quantitative estimate of drug-likeness (QED) is 0.751. The molecule has 0 aromatic heterocycles. The van der Waals surface area contributed by atoms with Crippen molar-refractivity contribution in [3.05, 3.63) is 29.8 Å². The van der Waals surface area contributed by atoms with Crippen LogP contribution in [0.4, 0.5) is 0 Å². The van der Waals surface area contributed by atoms with Crippen LogP contribution in [0, 0.1) is 17.3 Å². The monoisotopic (exact) mass is 387 g/mol. The topological polar surface area (TPSA) is 84.9 Å². The van der Waals surface area contributed by atoms with E-state index in [-0.39, 0.29) is 17.9 Å². The molecule has 3 unspecified atom stereocenters. The maximum absolute atomic E-state index is 13.3. The van der Waals surface area contributed by atoms with E-state index in [0.717, 1.165) is 37.9 Å². The highest BCUT2D eigenvalue weighted by atomic mass is 16.5. The van der Waals surface area contributed by atoms with Gasteiger partial charge in [0.25, 0.3) is 0 Å². The average molecular weight is 387 g/mol. The molecule has 0 spiro atoms. The van der Waals surface area contributed by atoms with E-state index in [9.17, 15) is 14.7 Å². The summed E-state index contributed by atoms with van der Waals surface area (Å²) in [5.74, 6) is 0.734. The van der Waals surface area contributed by atoms with E-state index in [1.807, 2.05) is 12.1 Å². The first-order valence-corrected chi connectivity index (χ1v) is 10.1. The molecule has 0 aliphatic heterocycles. The lowest BCUT2D eigenvalue weighted by Gasteiger charge is -2.61. The molecule has 0 heterocycles. The summed E-state index contributed by atoms with van der Waals surface area (Å²) < 4.78 is 10.3. The maximum atomic E-state index is 13.3. The number of carboxylic acids is 1. The number of benzene rings is 1. The number of ether oxygens (including phenoxy) is 2. The summed E-state index contributed by atoms with van der Waals surface area (Å²) in [7, 11) is 3.11. The number of carbonyl (C=O) groups is 2. The molecular formula is C22H29NO5. The molecule has 4 fully saturated rings. The first kappa shape index (κ1) is 19.2. The van der Waals surface area contributed by atoms with Crippen LogP contribution >= 0.6 is 0 Å². The van der Waals surface area contributed by atoms with Crippen LogP contribution in [0.25, 0.3) is 0 Å². The molecule has 6 nitrogen and oxygen atoms in total. The Hall–Kier alpha value is -2.08. The molecule has 4 bridgehead atoms. The normalized spacial score (nSPS) is 34.1. The predicted octanol–water partition coefficient (Wildman–Crippen LogP) is 2.75. The zero-order valence-electron chi connectivity index (χ0n) is 16.6. The molecule has 2 N–H and O–H groups in total. The first-order valence-electron chi connectivity index (χ1n) is 10.1. The number of carbonyl (C=O) groups excluding carboxylic acids is 1. The Labute approximate surface area is 165 Å². The molecule has 152 valence electrons. The standard InChI is InChI=1S/C22H29NO5/c1-27-12-18(19(24)25)23-20(26)22-10-14-7-15(11-22)9-21(8-14,13-22)16-3-5-17(28-2)6-4-16/h3-6,14-15,18H,7-13H2,1-2H3,(H,23,26)(H,24,25). The Bertz CT molecular complexity index is 745. The van der Waals surface area contributed by atoms with E-state index >= 15 is 0 Å². The summed E-state index contributed by atoms with van der Waals surface area (Å²) in [4.78, 5) is 24.8. The molecular weight excluding hydrogens is 358 g/mol. The number of methoxy groups -OCH3 is 2. The third kappa shape index (κ3) is 3.17. The van der Waals surface area contributed by atoms with Crippen LogP contribution in [-0.2, 0) is 19.7 Å². The van der Waals surface area contributed by atoms with E-state index in [0.29, 0.717) is 11.8 Å². The Balaban J connectivity index is 1.61. The summed E-state index contributed by atoms with van der Waals surface area (Å²) in [5.41, 5.74) is 0.824. The molecule has 0 saturated heterocycles. The lowest BCUT2D eigenvalue weighted by Crippen LogP contribution is -2.61. The molecule has 1 aromatic carbocycles. The van der Waals surface area contributed by atoms with E-state index in [4.69, 9.17) is 9.47 Å². The fourth-order valence-corrected chi connectivity index (χ4v) is 6.46. The van der Waals surface area contributed by atoms with Gasteiger partial charge in [-0.25, -0.2) is 4.79 Å². The number of nitrogens with one attached hydrogen (secondary N) is 1. The van der Waals surface area contributed by atoms with Crippen molar-refractivity contribution in [1.82, 2.24) is 5.32 Å². The van der Waals surface area contributed by atoms with E-state index < -0.39 is 17.4 Å². The van der Waals surface area contributed by atoms with Gasteiger partial charge < -0.3 is 19.9 Å². The number of aliphatic carboxylic acids is 1. The summed E-state index contributed by atoms with van der Waals surface area (Å²) in [6.45, 7) is -0.0202. The van der Waals surface area contributed by atoms with E-state index in [2.05, 4.69) is 17.4 Å². The average Bonchev–Trinajstić information content (AvgIpc) is 2.66. The minimum Gasteiger partial charge on any atom is -0.497 e. The maximum Gasteiger partial charge on any atom is 0.328 e. The number of rotatable bonds is 7. The van der Waals surface area contributed by atoms with Gasteiger partial charge in [-0.2, -0.15) is 0 Å². The lowest BCUT2D eigenvalue weighted by atomic mass is 9.42. The molecule has 28 heavy (non-hydrogen) atoms. The number of hydrogen-bond acceptors (Lipinski definition) is 4. The van der Waals surface area contributed by atoms with Gasteiger partial charge >= 0.3 is 5.97 Å². The highest BCUT2D eigenvalue weighted by Gasteiger charge is 2.61. The van der Waals surface area contributed by atoms with Crippen molar-refractivity contribution in [3.63, 3.8) is 0 Å². The van der Waals surface area contributed by atoms with Crippen LogP contribution in [-0.4, -0.2) is 43.9 Å². The Morgan fingerprint density at radius 3 is 2.32 bits per heavy atom. The highest BCUT2D eigenvalue weighted by molar-refractivity contribution is 5.88. The molecule has 1 aromatic rings. The van der Waals surface area contributed by atoms with Gasteiger partial charge in [0.2, 0.25) is 5.91 Å². The SMILES string of the molecule is COCC(NC(=O)C12CC3CC(C1)CC(c1ccc(OC)cc1)(C3)C2)C(=O)O. The van der Waals surface area contributed by atoms with Crippen molar-refractivity contribution >= 4 is 11.9 Å². The summed E-state index contributed by atoms with van der Waals surface area (Å²) in [6, 6.07) is 7.28. The third-order valence-electron chi connectivity index (χ3n) is 7.18. The largest absolute Gasteiger partial charge is 0.497 e. The summed E-state index contributed by atoms with van der Waals surface area (Å²) in [6.07, 6.45) is 5.95. The minimum atomic E-state index is -1.05. The van der Waals surface area contributed by atoms with Gasteiger partial charge in [0, 0.05) is 7.11 Å². The second-order valence-corrected chi connectivity index (χ2v) is 9.07. The van der Waals surface area contributed by atoms with Crippen LogP contribution < -0.4 is 10.1 Å². The summed E-state index contributed by atoms with van der Waals surface area (Å²) >= 11 is 0. The predicted molar refractivity (Wildman–Crippen MR) is 103 cm³/mol. The van der Waals surface area contributed by atoms with E-state index in [1.54, 1.807) is 7.11 Å². The zero-order valence-corrected chi connectivity index (χ0v) is 16.6. The second-order valence-electron chi connectivity index (χ2n) is 9.07. The van der Waals surface area contributed by atoms with E-state index in [1.165, 1.54) is 19.1 Å². The fourth-order valence-electron chi connectivity index (χ4n) is 6.46. The van der Waals surface area contributed by atoms with Gasteiger partial charge in [-0.1, -0.05) is 12.1 Å². The molecule has 4 aliphatic carbocycles. The van der Waals surface area contributed by atoms with Gasteiger partial charge in [0.05, 0.1) is 19.1 Å². The third-order valence-corrected chi connectivity index (χ3v) is 7.18. The Morgan fingerprint density at radius 2 is 1.79 bits per heavy atom. The fraction of sp³-hybridized carbons (Fsp3) is 0.636. The van der Waals surface area contributed by atoms with Gasteiger partial charge in [-0.3, -0.25) is 4.79 Å². The van der Waals surface area contributed by atoms with Crippen LogP contribution in [0.3, 0.4) is 0 Å². The molecule has 4 saturated carbocycles. The van der Waals surface area contributed by atoms with Crippen LogP contribution in [0.15, 0.2) is 24.3 Å². The number of amides is 1. The summed E-state index contributed by atoms with van der Waals surface area (Å²) in [5, 5.41) is 12.2. The molecule has 1 amide bonds. The van der Waals surface area contributed by atoms with Crippen molar-refractivity contribution in [1.29, 1.82) is 0 Å². The lowest BCUT2D eigenvalue weighted by molar-refractivity contribution is -0.154. The second kappa shape index (κ2) is 7.07. The minimum absolute atomic E-state index is 0.00761. The van der Waals surface area contributed by atoms with Crippen molar-refractivity contribution in [3.8, 4) is 5.75 Å². The van der Waals surface area contributed by atoms with Gasteiger partial charge in [-0.15, -0.1) is 0 Å². The zero-order chi connectivity index (χ0) is 19.9. The molecule has 6 heteroatoms. The smallest absolute Gasteiger partial charge is 0.328 e. The van der Waals surface area contributed by atoms with Crippen LogP contribution in [0.1, 0.15) is 44.1 Å². The molecule has 3 atom stereocenters. The number of carboxylic acid groups (broad SMARTS) is 1. The molecule has 4 aliphatic rings. The van der Waals surface area contributed by atoms with Crippen LogP contribution in [0.5, 0.6) is 5.75 Å². The van der Waals surface area contributed by atoms with Gasteiger partial charge in [-0.05, 0) is 73.5 Å². The molecule has 5 rings (SSSR count). The van der Waals surface area contributed by atoms with Gasteiger partial charge in [0.1, 0.15) is 5.75 Å². The van der Waals surface area contributed by atoms with Crippen molar-refractivity contribution in [2.45, 2.75) is 50.0 Å². The Kier molecular flexibility index (Phi) is 4.86. The van der Waals surface area contributed by atoms with Crippen molar-refractivity contribution in [2.75, 3.05) is 20.8 Å².